The first-order chi connectivity index (χ1) is 18.5. The lowest BCUT2D eigenvalue weighted by Crippen LogP contribution is -2.48. The van der Waals surface area contributed by atoms with Crippen molar-refractivity contribution in [2.24, 2.45) is 0 Å². The van der Waals surface area contributed by atoms with Crippen LogP contribution in [0.4, 0.5) is 21.9 Å². The summed E-state index contributed by atoms with van der Waals surface area (Å²) in [4.78, 5) is 50.3. The van der Waals surface area contributed by atoms with E-state index in [-0.39, 0.29) is 29.9 Å². The van der Waals surface area contributed by atoms with Crippen LogP contribution in [0.1, 0.15) is 28.9 Å². The summed E-state index contributed by atoms with van der Waals surface area (Å²) in [6.07, 6.45) is 6.96. The van der Waals surface area contributed by atoms with Gasteiger partial charge in [0, 0.05) is 30.0 Å². The molecule has 1 fully saturated rings. The molecule has 3 aromatic heterocycles. The molecule has 1 aliphatic carbocycles. The highest BCUT2D eigenvalue weighted by molar-refractivity contribution is 7.21. The summed E-state index contributed by atoms with van der Waals surface area (Å²) in [6, 6.07) is 14.4. The zero-order chi connectivity index (χ0) is 26.2. The number of aromatic nitrogens is 2. The molecule has 10 heteroatoms. The van der Waals surface area contributed by atoms with Crippen molar-refractivity contribution in [3.63, 3.8) is 0 Å². The molecule has 3 N–H and O–H groups in total. The molecule has 38 heavy (non-hydrogen) atoms. The van der Waals surface area contributed by atoms with Crippen LogP contribution in [0.25, 0.3) is 21.5 Å². The second-order valence-corrected chi connectivity index (χ2v) is 10.2. The molecule has 0 unspecified atom stereocenters. The molecule has 2 atom stereocenters. The summed E-state index contributed by atoms with van der Waals surface area (Å²) in [5.74, 6) is -0.566. The lowest BCUT2D eigenvalue weighted by atomic mass is 10.1. The molecule has 1 saturated carbocycles. The number of anilines is 3. The van der Waals surface area contributed by atoms with E-state index in [1.807, 2.05) is 36.4 Å². The zero-order valence-electron chi connectivity index (χ0n) is 20.3. The van der Waals surface area contributed by atoms with Gasteiger partial charge in [0.05, 0.1) is 28.1 Å². The summed E-state index contributed by atoms with van der Waals surface area (Å²) in [5, 5.41) is 9.60. The van der Waals surface area contributed by atoms with Gasteiger partial charge in [-0.2, -0.15) is 0 Å². The summed E-state index contributed by atoms with van der Waals surface area (Å²) < 4.78 is 0. The van der Waals surface area contributed by atoms with E-state index in [4.69, 9.17) is 0 Å². The third-order valence-electron chi connectivity index (χ3n) is 6.87. The summed E-state index contributed by atoms with van der Waals surface area (Å²) >= 11 is 1.23. The Morgan fingerprint density at radius 3 is 2.61 bits per heavy atom. The SMILES string of the molecule is C=CC(=O)N[C@@H]1CCC[C@H]1NC(=O)c1sc2nccc3c2c1NC(=O)N3c1ccnc(-c2ccccc2)c1. The number of thiophene rings is 1. The van der Waals surface area contributed by atoms with Gasteiger partial charge in [0.25, 0.3) is 5.91 Å². The lowest BCUT2D eigenvalue weighted by molar-refractivity contribution is -0.117. The molecular formula is C28H24N6O3S. The Morgan fingerprint density at radius 2 is 1.82 bits per heavy atom. The van der Waals surface area contributed by atoms with Crippen molar-refractivity contribution in [1.82, 2.24) is 20.6 Å². The number of rotatable bonds is 6. The molecule has 0 radical (unpaired) electrons. The van der Waals surface area contributed by atoms with Crippen LogP contribution in [0.3, 0.4) is 0 Å². The highest BCUT2D eigenvalue weighted by Gasteiger charge is 2.35. The maximum Gasteiger partial charge on any atom is 0.331 e. The number of nitrogens with zero attached hydrogens (tertiary/aromatic N) is 3. The van der Waals surface area contributed by atoms with Crippen molar-refractivity contribution in [3.8, 4) is 11.3 Å². The van der Waals surface area contributed by atoms with Gasteiger partial charge < -0.3 is 16.0 Å². The van der Waals surface area contributed by atoms with Gasteiger partial charge in [-0.1, -0.05) is 36.9 Å². The average Bonchev–Trinajstić information content (AvgIpc) is 3.54. The number of nitrogens with one attached hydrogen (secondary N) is 3. The topological polar surface area (TPSA) is 116 Å². The fourth-order valence-electron chi connectivity index (χ4n) is 5.11. The Balaban J connectivity index is 1.34. The Bertz CT molecular complexity index is 1580. The number of benzene rings is 1. The summed E-state index contributed by atoms with van der Waals surface area (Å²) in [7, 11) is 0. The van der Waals surface area contributed by atoms with Gasteiger partial charge in [0.1, 0.15) is 9.71 Å². The minimum absolute atomic E-state index is 0.167. The smallest absolute Gasteiger partial charge is 0.331 e. The Kier molecular flexibility index (Phi) is 6.09. The molecule has 4 aromatic rings. The van der Waals surface area contributed by atoms with Crippen molar-refractivity contribution in [3.05, 3.63) is 78.5 Å². The van der Waals surface area contributed by atoms with Crippen LogP contribution >= 0.6 is 11.3 Å². The quantitative estimate of drug-likeness (QED) is 0.307. The van der Waals surface area contributed by atoms with Gasteiger partial charge >= 0.3 is 6.03 Å². The van der Waals surface area contributed by atoms with Gasteiger partial charge in [0.2, 0.25) is 5.91 Å². The van der Waals surface area contributed by atoms with Gasteiger partial charge in [-0.3, -0.25) is 19.5 Å². The van der Waals surface area contributed by atoms with Crippen LogP contribution in [0.2, 0.25) is 0 Å². The van der Waals surface area contributed by atoms with Crippen molar-refractivity contribution in [2.45, 2.75) is 31.3 Å². The van der Waals surface area contributed by atoms with Gasteiger partial charge in [-0.05, 0) is 43.5 Å². The Labute approximate surface area is 222 Å². The molecule has 4 amide bonds. The maximum absolute atomic E-state index is 13.5. The van der Waals surface area contributed by atoms with Crippen molar-refractivity contribution >= 4 is 56.5 Å². The van der Waals surface area contributed by atoms with E-state index in [1.54, 1.807) is 29.4 Å². The van der Waals surface area contributed by atoms with Gasteiger partial charge in [-0.15, -0.1) is 11.3 Å². The molecular weight excluding hydrogens is 500 g/mol. The van der Waals surface area contributed by atoms with Crippen molar-refractivity contribution in [2.75, 3.05) is 10.2 Å². The van der Waals surface area contributed by atoms with Crippen LogP contribution in [-0.2, 0) is 4.79 Å². The van der Waals surface area contributed by atoms with Crippen LogP contribution in [0.5, 0.6) is 0 Å². The lowest BCUT2D eigenvalue weighted by Gasteiger charge is -2.28. The minimum Gasteiger partial charge on any atom is -0.348 e. The second kappa shape index (κ2) is 9.71. The molecule has 1 aromatic carbocycles. The monoisotopic (exact) mass is 524 g/mol. The predicted octanol–water partition coefficient (Wildman–Crippen LogP) is 5.00. The summed E-state index contributed by atoms with van der Waals surface area (Å²) in [5.41, 5.74) is 3.43. The molecule has 1 aliphatic heterocycles. The Hall–Kier alpha value is -4.57. The number of urea groups is 1. The van der Waals surface area contributed by atoms with E-state index >= 15 is 0 Å². The highest BCUT2D eigenvalue weighted by Crippen LogP contribution is 2.46. The van der Waals surface area contributed by atoms with Crippen molar-refractivity contribution < 1.29 is 14.4 Å². The Morgan fingerprint density at radius 1 is 1.05 bits per heavy atom. The van der Waals surface area contributed by atoms with Crippen LogP contribution in [0, 0.1) is 0 Å². The first-order valence-corrected chi connectivity index (χ1v) is 13.1. The van der Waals surface area contributed by atoms with Crippen LogP contribution < -0.4 is 20.9 Å². The van der Waals surface area contributed by atoms with E-state index in [0.717, 1.165) is 30.5 Å². The molecule has 4 heterocycles. The molecule has 190 valence electrons. The first kappa shape index (κ1) is 23.8. The fraction of sp³-hybridized carbons (Fsp3) is 0.179. The first-order valence-electron chi connectivity index (χ1n) is 12.3. The van der Waals surface area contributed by atoms with E-state index in [2.05, 4.69) is 32.5 Å². The number of hydrogen-bond acceptors (Lipinski definition) is 6. The standard InChI is InChI=1S/C28H24N6O3S/c1-2-22(35)31-18-9-6-10-19(18)32-26(36)25-24-23-21(12-14-30-27(23)38-25)34(28(37)33-24)17-11-13-29-20(15-17)16-7-4-3-5-8-16/h2-5,7-8,11-15,18-19H,1,6,9-10H2,(H,31,35)(H,32,36)(H,33,37)/t18-,19-/m1/s1. The third-order valence-corrected chi connectivity index (χ3v) is 7.97. The highest BCUT2D eigenvalue weighted by atomic mass is 32.1. The number of carbonyl (C=O) groups excluding carboxylic acids is 3. The molecule has 2 aliphatic rings. The van der Waals surface area contributed by atoms with Crippen LogP contribution in [0.15, 0.2) is 73.6 Å². The third kappa shape index (κ3) is 4.18. The van der Waals surface area contributed by atoms with Crippen LogP contribution in [-0.4, -0.2) is 39.9 Å². The summed E-state index contributed by atoms with van der Waals surface area (Å²) in [6.45, 7) is 3.50. The molecule has 0 bridgehead atoms. The zero-order valence-corrected chi connectivity index (χ0v) is 21.1. The second-order valence-electron chi connectivity index (χ2n) is 9.18. The molecule has 6 rings (SSSR count). The minimum atomic E-state index is -0.375. The molecule has 0 saturated heterocycles. The number of hydrogen-bond donors (Lipinski definition) is 3. The average molecular weight is 525 g/mol. The van der Waals surface area contributed by atoms with Crippen molar-refractivity contribution in [1.29, 1.82) is 0 Å². The normalized spacial score (nSPS) is 18.2. The largest absolute Gasteiger partial charge is 0.348 e. The van der Waals surface area contributed by atoms with Gasteiger partial charge in [0.15, 0.2) is 0 Å². The number of amides is 4. The molecule has 0 spiro atoms. The number of pyridine rings is 2. The van der Waals surface area contributed by atoms with E-state index < -0.39 is 0 Å². The number of carbonyl (C=O) groups is 3. The van der Waals surface area contributed by atoms with Gasteiger partial charge in [-0.25, -0.2) is 9.78 Å². The predicted molar refractivity (Wildman–Crippen MR) is 148 cm³/mol. The molecule has 9 nitrogen and oxygen atoms in total. The van der Waals surface area contributed by atoms with E-state index in [9.17, 15) is 14.4 Å². The van der Waals surface area contributed by atoms with E-state index in [0.29, 0.717) is 32.2 Å². The fourth-order valence-corrected chi connectivity index (χ4v) is 6.13. The maximum atomic E-state index is 13.5. The van der Waals surface area contributed by atoms with E-state index in [1.165, 1.54) is 17.4 Å².